The minimum Gasteiger partial charge on any atom is -0.462 e. The second kappa shape index (κ2) is 6.17. The molecule has 19 heavy (non-hydrogen) atoms. The van der Waals surface area contributed by atoms with Crippen LogP contribution >= 0.6 is 11.6 Å². The van der Waals surface area contributed by atoms with Gasteiger partial charge < -0.3 is 9.84 Å². The van der Waals surface area contributed by atoms with Crippen LogP contribution in [0.25, 0.3) is 0 Å². The summed E-state index contributed by atoms with van der Waals surface area (Å²) in [5.41, 5.74) is 1.03. The summed E-state index contributed by atoms with van der Waals surface area (Å²) in [4.78, 5) is 0. The Labute approximate surface area is 117 Å². The highest BCUT2D eigenvalue weighted by Crippen LogP contribution is 2.24. The van der Waals surface area contributed by atoms with Gasteiger partial charge in [-0.15, -0.1) is 0 Å². The van der Waals surface area contributed by atoms with Gasteiger partial charge >= 0.3 is 0 Å². The summed E-state index contributed by atoms with van der Waals surface area (Å²) in [6, 6.07) is 14.8. The standard InChI is InChI=1S/C16H13ClO2/c1-12(10-11-18)13-2-6-15(7-3-13)19-16-8-4-14(17)5-9-16/h2-9,12,18H,1H3. The van der Waals surface area contributed by atoms with Gasteiger partial charge in [-0.05, 0) is 48.9 Å². The van der Waals surface area contributed by atoms with Crippen molar-refractivity contribution >= 4 is 11.6 Å². The lowest BCUT2D eigenvalue weighted by Gasteiger charge is -2.08. The van der Waals surface area contributed by atoms with Gasteiger partial charge in [0, 0.05) is 10.9 Å². The highest BCUT2D eigenvalue weighted by Gasteiger charge is 2.03. The molecule has 0 aliphatic carbocycles. The molecular formula is C16H13ClO2. The minimum absolute atomic E-state index is 0.00502. The number of halogens is 1. The Kier molecular flexibility index (Phi) is 4.33. The molecule has 2 nitrogen and oxygen atoms in total. The maximum Gasteiger partial charge on any atom is 0.127 e. The molecule has 2 aromatic carbocycles. The fraction of sp³-hybridized carbons (Fsp3) is 0.125. The Morgan fingerprint density at radius 3 is 2.05 bits per heavy atom. The number of hydrogen-bond donors (Lipinski definition) is 1. The zero-order valence-electron chi connectivity index (χ0n) is 10.4. The number of rotatable bonds is 3. The SMILES string of the molecule is CC(C#CO)c1ccc(Oc2ccc(Cl)cc2)cc1. The second-order valence-corrected chi connectivity index (χ2v) is 4.54. The molecule has 0 heterocycles. The van der Waals surface area contributed by atoms with Gasteiger partial charge in [0.2, 0.25) is 0 Å². The summed E-state index contributed by atoms with van der Waals surface area (Å²) in [6.07, 6.45) is 1.93. The largest absolute Gasteiger partial charge is 0.462 e. The Hall–Kier alpha value is -2.11. The van der Waals surface area contributed by atoms with Gasteiger partial charge in [0.15, 0.2) is 0 Å². The lowest BCUT2D eigenvalue weighted by Crippen LogP contribution is -1.90. The van der Waals surface area contributed by atoms with Crippen LogP contribution in [0.2, 0.25) is 5.02 Å². The highest BCUT2D eigenvalue weighted by molar-refractivity contribution is 6.30. The molecule has 0 spiro atoms. The summed E-state index contributed by atoms with van der Waals surface area (Å²) in [7, 11) is 0. The molecular weight excluding hydrogens is 260 g/mol. The van der Waals surface area contributed by atoms with Crippen LogP contribution in [0, 0.1) is 12.0 Å². The molecule has 0 aliphatic rings. The Morgan fingerprint density at radius 2 is 1.53 bits per heavy atom. The maximum atomic E-state index is 8.57. The van der Waals surface area contributed by atoms with E-state index in [0.717, 1.165) is 17.1 Å². The van der Waals surface area contributed by atoms with Crippen LogP contribution in [0.5, 0.6) is 11.5 Å². The molecule has 0 saturated carbocycles. The molecule has 0 radical (unpaired) electrons. The zero-order valence-corrected chi connectivity index (χ0v) is 11.2. The fourth-order valence-corrected chi connectivity index (χ4v) is 1.77. The van der Waals surface area contributed by atoms with Crippen LogP contribution in [-0.2, 0) is 0 Å². The third-order valence-corrected chi connectivity index (χ3v) is 2.96. The number of hydrogen-bond acceptors (Lipinski definition) is 2. The molecule has 0 saturated heterocycles. The number of aliphatic hydroxyl groups is 1. The molecule has 0 amide bonds. The van der Waals surface area contributed by atoms with Crippen molar-refractivity contribution in [1.82, 2.24) is 0 Å². The van der Waals surface area contributed by atoms with Crippen molar-refractivity contribution in [2.75, 3.05) is 0 Å². The van der Waals surface area contributed by atoms with E-state index in [1.54, 1.807) is 12.1 Å². The average Bonchev–Trinajstić information content (AvgIpc) is 2.42. The molecule has 3 heteroatoms. The van der Waals surface area contributed by atoms with E-state index >= 15 is 0 Å². The first-order chi connectivity index (χ1) is 9.19. The Morgan fingerprint density at radius 1 is 1.00 bits per heavy atom. The molecule has 0 fully saturated rings. The highest BCUT2D eigenvalue weighted by atomic mass is 35.5. The van der Waals surface area contributed by atoms with Crippen molar-refractivity contribution in [3.63, 3.8) is 0 Å². The van der Waals surface area contributed by atoms with Gasteiger partial charge in [-0.25, -0.2) is 0 Å². The van der Waals surface area contributed by atoms with E-state index in [9.17, 15) is 0 Å². The molecule has 0 aromatic heterocycles. The lowest BCUT2D eigenvalue weighted by atomic mass is 10.0. The van der Waals surface area contributed by atoms with E-state index in [-0.39, 0.29) is 5.92 Å². The van der Waals surface area contributed by atoms with Crippen LogP contribution in [0.3, 0.4) is 0 Å². The van der Waals surface area contributed by atoms with E-state index in [2.05, 4.69) is 5.92 Å². The topological polar surface area (TPSA) is 29.5 Å². The summed E-state index contributed by atoms with van der Waals surface area (Å²) in [6.45, 7) is 1.93. The van der Waals surface area contributed by atoms with Crippen molar-refractivity contribution in [2.24, 2.45) is 0 Å². The number of benzene rings is 2. The first-order valence-corrected chi connectivity index (χ1v) is 6.25. The van der Waals surface area contributed by atoms with Gasteiger partial charge in [0.05, 0.1) is 0 Å². The molecule has 1 atom stereocenters. The third kappa shape index (κ3) is 3.67. The van der Waals surface area contributed by atoms with Crippen LogP contribution in [0.1, 0.15) is 18.4 Å². The average molecular weight is 273 g/mol. The van der Waals surface area contributed by atoms with Crippen molar-refractivity contribution < 1.29 is 9.84 Å². The minimum atomic E-state index is -0.00502. The Balaban J connectivity index is 2.09. The summed E-state index contributed by atoms with van der Waals surface area (Å²) in [5, 5.41) is 9.25. The Bertz CT molecular complexity index is 591. The lowest BCUT2D eigenvalue weighted by molar-refractivity contribution is 0.482. The molecule has 1 unspecified atom stereocenters. The first-order valence-electron chi connectivity index (χ1n) is 5.87. The van der Waals surface area contributed by atoms with E-state index < -0.39 is 0 Å². The monoisotopic (exact) mass is 272 g/mol. The van der Waals surface area contributed by atoms with Crippen LogP contribution in [0.4, 0.5) is 0 Å². The second-order valence-electron chi connectivity index (χ2n) is 4.10. The molecule has 1 N–H and O–H groups in total. The predicted octanol–water partition coefficient (Wildman–Crippen LogP) is 4.57. The molecule has 2 aromatic rings. The summed E-state index contributed by atoms with van der Waals surface area (Å²) >= 11 is 5.81. The van der Waals surface area contributed by atoms with Gasteiger partial charge in [-0.2, -0.15) is 0 Å². The summed E-state index contributed by atoms with van der Waals surface area (Å²) < 4.78 is 5.68. The third-order valence-electron chi connectivity index (χ3n) is 2.71. The number of ether oxygens (including phenoxy) is 1. The van der Waals surface area contributed by atoms with Gasteiger partial charge in [-0.1, -0.05) is 29.7 Å². The zero-order chi connectivity index (χ0) is 13.7. The molecule has 0 bridgehead atoms. The van der Waals surface area contributed by atoms with Crippen molar-refractivity contribution in [1.29, 1.82) is 0 Å². The fourth-order valence-electron chi connectivity index (χ4n) is 1.64. The van der Waals surface area contributed by atoms with Crippen LogP contribution in [0.15, 0.2) is 48.5 Å². The quantitative estimate of drug-likeness (QED) is 0.830. The molecule has 0 aliphatic heterocycles. The summed E-state index contributed by atoms with van der Waals surface area (Å²) in [5.74, 6) is 4.16. The molecule has 2 rings (SSSR count). The van der Waals surface area contributed by atoms with Crippen molar-refractivity contribution in [3.8, 4) is 23.5 Å². The van der Waals surface area contributed by atoms with E-state index in [0.29, 0.717) is 5.02 Å². The van der Waals surface area contributed by atoms with Gasteiger partial charge in [0.1, 0.15) is 17.6 Å². The van der Waals surface area contributed by atoms with E-state index in [1.807, 2.05) is 49.4 Å². The van der Waals surface area contributed by atoms with Crippen molar-refractivity contribution in [2.45, 2.75) is 12.8 Å². The van der Waals surface area contributed by atoms with Crippen LogP contribution in [-0.4, -0.2) is 5.11 Å². The number of aliphatic hydroxyl groups excluding tert-OH is 1. The first kappa shape index (κ1) is 13.3. The maximum absolute atomic E-state index is 8.57. The van der Waals surface area contributed by atoms with Crippen LogP contribution < -0.4 is 4.74 Å². The smallest absolute Gasteiger partial charge is 0.127 e. The normalized spacial score (nSPS) is 11.3. The van der Waals surface area contributed by atoms with Gasteiger partial charge in [-0.3, -0.25) is 0 Å². The van der Waals surface area contributed by atoms with Gasteiger partial charge in [0.25, 0.3) is 0 Å². The van der Waals surface area contributed by atoms with Crippen molar-refractivity contribution in [3.05, 3.63) is 59.1 Å². The predicted molar refractivity (Wildman–Crippen MR) is 76.1 cm³/mol. The van der Waals surface area contributed by atoms with E-state index in [1.165, 1.54) is 0 Å². The van der Waals surface area contributed by atoms with E-state index in [4.69, 9.17) is 21.4 Å². The molecule has 96 valence electrons.